The van der Waals surface area contributed by atoms with Crippen molar-refractivity contribution >= 4 is 40.6 Å². The first-order valence-corrected chi connectivity index (χ1v) is 11.3. The second kappa shape index (κ2) is 11.2. The monoisotopic (exact) mass is 476 g/mol. The molecule has 9 heteroatoms. The van der Waals surface area contributed by atoms with Crippen LogP contribution in [-0.4, -0.2) is 28.4 Å². The number of anilines is 1. The topological polar surface area (TPSA) is 92.2 Å². The largest absolute Gasteiger partial charge is 0.489 e. The predicted octanol–water partition coefficient (Wildman–Crippen LogP) is 4.36. The smallest absolute Gasteiger partial charge is 0.240 e. The first kappa shape index (κ1) is 23.2. The van der Waals surface area contributed by atoms with Gasteiger partial charge in [-0.25, -0.2) is 4.39 Å². The zero-order valence-electron chi connectivity index (χ0n) is 18.0. The Balaban J connectivity index is 1.25. The molecule has 3 aromatic carbocycles. The molecular formula is C25H21FN4O3S. The van der Waals surface area contributed by atoms with Gasteiger partial charge in [0.1, 0.15) is 23.4 Å². The fourth-order valence-corrected chi connectivity index (χ4v) is 3.96. The van der Waals surface area contributed by atoms with Gasteiger partial charge in [0, 0.05) is 12.1 Å². The van der Waals surface area contributed by atoms with Crippen LogP contribution in [0.25, 0.3) is 0 Å². The van der Waals surface area contributed by atoms with Crippen LogP contribution in [0.5, 0.6) is 5.75 Å². The molecule has 0 saturated carbocycles. The van der Waals surface area contributed by atoms with E-state index in [-0.39, 0.29) is 24.1 Å². The van der Waals surface area contributed by atoms with Crippen molar-refractivity contribution in [2.24, 2.45) is 10.2 Å². The Morgan fingerprint density at radius 3 is 2.53 bits per heavy atom. The molecule has 0 aliphatic carbocycles. The van der Waals surface area contributed by atoms with Crippen LogP contribution in [0.3, 0.4) is 0 Å². The number of halogens is 1. The molecule has 7 nitrogen and oxygen atoms in total. The summed E-state index contributed by atoms with van der Waals surface area (Å²) in [6.07, 6.45) is 1.59. The third kappa shape index (κ3) is 6.76. The highest BCUT2D eigenvalue weighted by atomic mass is 32.2. The number of rotatable bonds is 8. The number of para-hydroxylation sites is 1. The minimum absolute atomic E-state index is 0.0352. The highest BCUT2D eigenvalue weighted by Crippen LogP contribution is 2.23. The number of nitrogens with zero attached hydrogens (tertiary/aromatic N) is 2. The lowest BCUT2D eigenvalue weighted by Crippen LogP contribution is -2.28. The molecule has 1 atom stereocenters. The molecule has 4 rings (SSSR count). The van der Waals surface area contributed by atoms with Crippen LogP contribution < -0.4 is 15.4 Å². The number of benzene rings is 3. The average Bonchev–Trinajstić information content (AvgIpc) is 3.18. The highest BCUT2D eigenvalue weighted by Gasteiger charge is 2.32. The Labute approximate surface area is 200 Å². The molecule has 1 saturated heterocycles. The van der Waals surface area contributed by atoms with Crippen LogP contribution in [0.4, 0.5) is 10.1 Å². The van der Waals surface area contributed by atoms with Gasteiger partial charge >= 0.3 is 0 Å². The quantitative estimate of drug-likeness (QED) is 0.373. The highest BCUT2D eigenvalue weighted by molar-refractivity contribution is 8.15. The average molecular weight is 477 g/mol. The Morgan fingerprint density at radius 2 is 1.79 bits per heavy atom. The van der Waals surface area contributed by atoms with Crippen LogP contribution >= 0.6 is 11.8 Å². The van der Waals surface area contributed by atoms with Crippen LogP contribution in [0.15, 0.2) is 89.1 Å². The summed E-state index contributed by atoms with van der Waals surface area (Å²) in [6, 6.07) is 22.4. The van der Waals surface area contributed by atoms with Crippen LogP contribution in [0.2, 0.25) is 0 Å². The van der Waals surface area contributed by atoms with Gasteiger partial charge < -0.3 is 15.4 Å². The van der Waals surface area contributed by atoms with E-state index in [0.29, 0.717) is 23.2 Å². The maximum Gasteiger partial charge on any atom is 0.240 e. The van der Waals surface area contributed by atoms with Crippen molar-refractivity contribution in [3.05, 3.63) is 95.8 Å². The number of carbonyl (C=O) groups is 2. The molecule has 34 heavy (non-hydrogen) atoms. The lowest BCUT2D eigenvalue weighted by atomic mass is 10.2. The Bertz CT molecular complexity index is 1200. The van der Waals surface area contributed by atoms with Crippen molar-refractivity contribution in [2.45, 2.75) is 18.3 Å². The van der Waals surface area contributed by atoms with Crippen LogP contribution in [0, 0.1) is 5.82 Å². The van der Waals surface area contributed by atoms with Gasteiger partial charge in [-0.15, -0.1) is 5.10 Å². The fourth-order valence-electron chi connectivity index (χ4n) is 3.03. The van der Waals surface area contributed by atoms with E-state index < -0.39 is 5.25 Å². The molecule has 1 fully saturated rings. The number of amides is 2. The molecule has 0 radical (unpaired) electrons. The standard InChI is InChI=1S/C25H21FN4O3S/c26-19-10-6-18(7-11-19)16-33-21-12-8-17(9-13-21)15-27-30-25-29-24(32)22(34-25)14-23(31)28-20-4-2-1-3-5-20/h1-13,15,22H,14,16H2,(H,28,31)(H,29,30,32)/b27-15+. The van der Waals surface area contributed by atoms with E-state index in [0.717, 1.165) is 11.1 Å². The van der Waals surface area contributed by atoms with Gasteiger partial charge in [0.25, 0.3) is 0 Å². The van der Waals surface area contributed by atoms with Gasteiger partial charge in [-0.2, -0.15) is 5.10 Å². The number of ether oxygens (including phenoxy) is 1. The molecule has 1 unspecified atom stereocenters. The summed E-state index contributed by atoms with van der Waals surface area (Å²) in [6.45, 7) is 0.336. The summed E-state index contributed by atoms with van der Waals surface area (Å²) >= 11 is 1.17. The van der Waals surface area contributed by atoms with E-state index in [1.165, 1.54) is 23.9 Å². The molecular weight excluding hydrogens is 455 g/mol. The zero-order chi connectivity index (χ0) is 23.8. The third-order valence-electron chi connectivity index (χ3n) is 4.76. The molecule has 172 valence electrons. The number of hydrogen-bond acceptors (Lipinski definition) is 6. The third-order valence-corrected chi connectivity index (χ3v) is 5.83. The van der Waals surface area contributed by atoms with Gasteiger partial charge in [-0.3, -0.25) is 9.59 Å². The van der Waals surface area contributed by atoms with Gasteiger partial charge in [0.05, 0.1) is 6.21 Å². The molecule has 1 aliphatic heterocycles. The molecule has 0 bridgehead atoms. The van der Waals surface area contributed by atoms with Gasteiger partial charge in [-0.05, 0) is 59.7 Å². The first-order valence-electron chi connectivity index (χ1n) is 10.5. The number of carbonyl (C=O) groups excluding carboxylic acids is 2. The van der Waals surface area contributed by atoms with Crippen molar-refractivity contribution in [3.63, 3.8) is 0 Å². The van der Waals surface area contributed by atoms with Gasteiger partial charge in [-0.1, -0.05) is 42.1 Å². The van der Waals surface area contributed by atoms with Crippen molar-refractivity contribution in [3.8, 4) is 5.75 Å². The summed E-state index contributed by atoms with van der Waals surface area (Å²) in [5.74, 6) is -0.131. The molecule has 1 aliphatic rings. The maximum absolute atomic E-state index is 13.0. The van der Waals surface area contributed by atoms with Gasteiger partial charge in [0.15, 0.2) is 5.17 Å². The number of amidine groups is 1. The Kier molecular flexibility index (Phi) is 7.67. The normalized spacial score (nSPS) is 16.6. The minimum atomic E-state index is -0.560. The van der Waals surface area contributed by atoms with Crippen molar-refractivity contribution in [1.29, 1.82) is 0 Å². The molecule has 2 N–H and O–H groups in total. The summed E-state index contributed by atoms with van der Waals surface area (Å²) in [7, 11) is 0. The fraction of sp³-hybridized carbons (Fsp3) is 0.120. The minimum Gasteiger partial charge on any atom is -0.489 e. The van der Waals surface area contributed by atoms with Crippen LogP contribution in [0.1, 0.15) is 17.5 Å². The molecule has 0 aromatic heterocycles. The summed E-state index contributed by atoms with van der Waals surface area (Å²) < 4.78 is 18.6. The van der Waals surface area contributed by atoms with E-state index in [9.17, 15) is 14.0 Å². The van der Waals surface area contributed by atoms with E-state index in [4.69, 9.17) is 4.74 Å². The Morgan fingerprint density at radius 1 is 1.06 bits per heavy atom. The van der Waals surface area contributed by atoms with E-state index in [1.54, 1.807) is 42.6 Å². The van der Waals surface area contributed by atoms with E-state index >= 15 is 0 Å². The van der Waals surface area contributed by atoms with E-state index in [1.807, 2.05) is 30.3 Å². The summed E-state index contributed by atoms with van der Waals surface area (Å²) in [5.41, 5.74) is 2.35. The number of thioether (sulfide) groups is 1. The Hall–Kier alpha value is -3.98. The van der Waals surface area contributed by atoms with Crippen molar-refractivity contribution < 1.29 is 18.7 Å². The first-order chi connectivity index (χ1) is 16.5. The van der Waals surface area contributed by atoms with Crippen LogP contribution in [-0.2, 0) is 16.2 Å². The van der Waals surface area contributed by atoms with Crippen molar-refractivity contribution in [1.82, 2.24) is 5.32 Å². The van der Waals surface area contributed by atoms with Crippen molar-refractivity contribution in [2.75, 3.05) is 5.32 Å². The summed E-state index contributed by atoms with van der Waals surface area (Å²) in [4.78, 5) is 24.3. The summed E-state index contributed by atoms with van der Waals surface area (Å²) in [5, 5.41) is 13.3. The lowest BCUT2D eigenvalue weighted by Gasteiger charge is -2.06. The zero-order valence-corrected chi connectivity index (χ0v) is 18.8. The number of hydrogen-bond donors (Lipinski definition) is 2. The van der Waals surface area contributed by atoms with Gasteiger partial charge in [0.2, 0.25) is 11.8 Å². The molecule has 1 heterocycles. The lowest BCUT2D eigenvalue weighted by molar-refractivity contribution is -0.122. The SMILES string of the molecule is O=C(CC1S/C(=N/N=C/c2ccc(OCc3ccc(F)cc3)cc2)NC1=O)Nc1ccccc1. The predicted molar refractivity (Wildman–Crippen MR) is 131 cm³/mol. The molecule has 0 spiro atoms. The van der Waals surface area contributed by atoms with E-state index in [2.05, 4.69) is 20.8 Å². The molecule has 2 amide bonds. The maximum atomic E-state index is 13.0. The molecule has 3 aromatic rings. The second-order valence-electron chi connectivity index (χ2n) is 7.35. The number of nitrogens with one attached hydrogen (secondary N) is 2. The second-order valence-corrected chi connectivity index (χ2v) is 8.54.